The lowest BCUT2D eigenvalue weighted by Gasteiger charge is -2.32. The molecule has 2 heterocycles. The molecule has 4 aromatic rings. The molecule has 0 fully saturated rings. The molecule has 0 spiro atoms. The highest BCUT2D eigenvalue weighted by molar-refractivity contribution is 7.99. The van der Waals surface area contributed by atoms with E-state index in [1.165, 1.54) is 18.0 Å². The second-order valence-electron chi connectivity index (χ2n) is 13.1. The van der Waals surface area contributed by atoms with Gasteiger partial charge in [-0.3, -0.25) is 14.4 Å². The lowest BCUT2D eigenvalue weighted by Crippen LogP contribution is -2.57. The number of nitrogens with zero attached hydrogens (tertiary/aromatic N) is 1. The Morgan fingerprint density at radius 2 is 1.60 bits per heavy atom. The number of rotatable bonds is 9. The van der Waals surface area contributed by atoms with Gasteiger partial charge in [0.25, 0.3) is 0 Å². The van der Waals surface area contributed by atoms with Crippen LogP contribution in [0.1, 0.15) is 54.4 Å². The van der Waals surface area contributed by atoms with Crippen LogP contribution in [0.2, 0.25) is 5.02 Å². The zero-order valence-electron chi connectivity index (χ0n) is 29.4. The fourth-order valence-electron chi connectivity index (χ4n) is 6.52. The molecule has 15 heteroatoms. The number of nitrogens with two attached hydrogens (primary N) is 2. The minimum atomic E-state index is -4.75. The van der Waals surface area contributed by atoms with E-state index in [1.807, 2.05) is 30.3 Å². The number of carbonyl (C=O) groups excluding carboxylic acids is 3. The van der Waals surface area contributed by atoms with Gasteiger partial charge in [-0.05, 0) is 86.1 Å². The Morgan fingerprint density at radius 3 is 2.36 bits per heavy atom. The second kappa shape index (κ2) is 18.3. The highest BCUT2D eigenvalue weighted by Gasteiger charge is 2.37. The maximum Gasteiger partial charge on any atom is 0.416 e. The van der Waals surface area contributed by atoms with Gasteiger partial charge in [-0.15, -0.1) is 0 Å². The van der Waals surface area contributed by atoms with Crippen molar-refractivity contribution in [1.82, 2.24) is 25.8 Å². The predicted molar refractivity (Wildman–Crippen MR) is 201 cm³/mol. The van der Waals surface area contributed by atoms with Crippen LogP contribution in [0, 0.1) is 0 Å². The highest BCUT2D eigenvalue weighted by Crippen LogP contribution is 2.43. The third kappa shape index (κ3) is 9.92. The number of aromatic amines is 1. The van der Waals surface area contributed by atoms with Crippen LogP contribution < -0.4 is 27.4 Å². The maximum absolute atomic E-state index is 14.6. The molecule has 0 radical (unpaired) electrons. The Morgan fingerprint density at radius 1 is 0.887 bits per heavy atom. The Kier molecular flexibility index (Phi) is 13.9. The van der Waals surface area contributed by atoms with Crippen LogP contribution in [0.3, 0.4) is 0 Å². The topological polar surface area (TPSA) is 158 Å². The number of hydrogen-bond donors (Lipinski definition) is 6. The third-order valence-electron chi connectivity index (χ3n) is 9.46. The van der Waals surface area contributed by atoms with Crippen molar-refractivity contribution in [2.24, 2.45) is 11.5 Å². The molecule has 1 aliphatic heterocycles. The quantitative estimate of drug-likeness (QED) is 0.123. The summed E-state index contributed by atoms with van der Waals surface area (Å²) < 4.78 is 43.7. The first-order valence-corrected chi connectivity index (χ1v) is 18.8. The summed E-state index contributed by atoms with van der Waals surface area (Å²) in [6.45, 7) is 0.398. The van der Waals surface area contributed by atoms with E-state index < -0.39 is 54.1 Å². The Hall–Kier alpha value is -4.08. The molecule has 284 valence electrons. The Labute approximate surface area is 315 Å². The summed E-state index contributed by atoms with van der Waals surface area (Å²) in [5.74, 6) is -1.60. The number of benzene rings is 3. The van der Waals surface area contributed by atoms with Crippen LogP contribution in [0.25, 0.3) is 10.9 Å². The fourth-order valence-corrected chi connectivity index (χ4v) is 7.92. The lowest BCUT2D eigenvalue weighted by molar-refractivity contribution is -0.142. The highest BCUT2D eigenvalue weighted by atomic mass is 35.5. The first kappa shape index (κ1) is 40.1. The molecule has 5 rings (SSSR count). The van der Waals surface area contributed by atoms with E-state index in [-0.39, 0.29) is 34.9 Å². The molecule has 1 aromatic heterocycles. The summed E-state index contributed by atoms with van der Waals surface area (Å²) in [6, 6.07) is 13.8. The summed E-state index contributed by atoms with van der Waals surface area (Å²) in [7, 11) is 1.47. The molecule has 53 heavy (non-hydrogen) atoms. The van der Waals surface area contributed by atoms with Gasteiger partial charge < -0.3 is 37.3 Å². The van der Waals surface area contributed by atoms with Crippen LogP contribution in [-0.4, -0.2) is 65.9 Å². The molecule has 3 aromatic carbocycles. The molecular weight excluding hydrogens is 727 g/mol. The largest absolute Gasteiger partial charge is 0.416 e. The number of fused-ring (bicyclic) bond motifs is 3. The van der Waals surface area contributed by atoms with Gasteiger partial charge >= 0.3 is 6.18 Å². The Bertz CT molecular complexity index is 1910. The van der Waals surface area contributed by atoms with Crippen LogP contribution in [0.4, 0.5) is 13.2 Å². The van der Waals surface area contributed by atoms with E-state index in [9.17, 15) is 27.6 Å². The normalized spacial score (nSPS) is 19.3. The molecule has 10 nitrogen and oxygen atoms in total. The van der Waals surface area contributed by atoms with Gasteiger partial charge in [0.1, 0.15) is 12.1 Å². The summed E-state index contributed by atoms with van der Waals surface area (Å²) in [5, 5.41) is 9.87. The Balaban J connectivity index is 1.63. The van der Waals surface area contributed by atoms with Gasteiger partial charge in [-0.25, -0.2) is 0 Å². The molecule has 1 aliphatic rings. The van der Waals surface area contributed by atoms with Crippen LogP contribution in [-0.2, 0) is 40.1 Å². The molecule has 0 saturated carbocycles. The summed E-state index contributed by atoms with van der Waals surface area (Å²) in [4.78, 5) is 47.8. The zero-order valence-corrected chi connectivity index (χ0v) is 31.0. The third-order valence-corrected chi connectivity index (χ3v) is 11.2. The van der Waals surface area contributed by atoms with Gasteiger partial charge in [0, 0.05) is 53.4 Å². The van der Waals surface area contributed by atoms with Gasteiger partial charge in [0.15, 0.2) is 0 Å². The zero-order chi connectivity index (χ0) is 38.1. The van der Waals surface area contributed by atoms with E-state index in [0.717, 1.165) is 34.3 Å². The van der Waals surface area contributed by atoms with Crippen molar-refractivity contribution >= 4 is 52.0 Å². The minimum absolute atomic E-state index is 0.0406. The van der Waals surface area contributed by atoms with Gasteiger partial charge in [0.2, 0.25) is 17.7 Å². The van der Waals surface area contributed by atoms with Crippen molar-refractivity contribution in [3.05, 3.63) is 94.1 Å². The molecule has 8 N–H and O–H groups in total. The molecule has 0 saturated heterocycles. The lowest BCUT2D eigenvalue weighted by atomic mass is 10.0. The number of H-pyrrole nitrogens is 1. The molecule has 0 bridgehead atoms. The van der Waals surface area contributed by atoms with E-state index in [4.69, 9.17) is 23.1 Å². The minimum Gasteiger partial charge on any atom is -0.361 e. The number of para-hydroxylation sites is 1. The van der Waals surface area contributed by atoms with E-state index >= 15 is 0 Å². The van der Waals surface area contributed by atoms with Crippen LogP contribution in [0.15, 0.2) is 76.7 Å². The number of amides is 3. The average molecular weight is 772 g/mol. The number of aromatic nitrogens is 1. The van der Waals surface area contributed by atoms with Gasteiger partial charge in [-0.2, -0.15) is 13.2 Å². The van der Waals surface area contributed by atoms with Crippen molar-refractivity contribution in [2.45, 2.75) is 85.7 Å². The average Bonchev–Trinajstić information content (AvgIpc) is 3.55. The summed E-state index contributed by atoms with van der Waals surface area (Å²) >= 11 is 7.69. The van der Waals surface area contributed by atoms with Crippen molar-refractivity contribution in [3.63, 3.8) is 0 Å². The van der Waals surface area contributed by atoms with Crippen molar-refractivity contribution < 1.29 is 27.6 Å². The predicted octanol–water partition coefficient (Wildman–Crippen LogP) is 5.50. The van der Waals surface area contributed by atoms with Crippen LogP contribution in [0.5, 0.6) is 0 Å². The number of likely N-dealkylation sites (N-methyl/N-ethyl adjacent to an activating group) is 1. The first-order chi connectivity index (χ1) is 25.4. The maximum atomic E-state index is 14.6. The van der Waals surface area contributed by atoms with Gasteiger partial charge in [-0.1, -0.05) is 59.8 Å². The molecule has 0 aliphatic carbocycles. The van der Waals surface area contributed by atoms with Crippen molar-refractivity contribution in [2.75, 3.05) is 20.1 Å². The standard InChI is InChI=1S/C38H45ClF3N7O3S/c1-49-32(19-24-21-45-29-11-4-3-10-25(24)29)36(51)47-22-26-27(38(40,41)42)15-16-28(39)34(26)53-33-14-5-2-9-23(33)20-46-30(13-8-18-44)35(50)48-31(37(49)52)12-6-7-17-43/h2-5,9-11,14-16,21,30-32,45-46H,6-8,12-13,17-20,22,43-44H2,1H3,(H,47,51)(H,48,50)/t30-,31-,32-/m0/s1. The molecule has 3 amide bonds. The first-order valence-electron chi connectivity index (χ1n) is 17.6. The monoisotopic (exact) mass is 771 g/mol. The summed E-state index contributed by atoms with van der Waals surface area (Å²) in [5.41, 5.74) is 12.7. The second-order valence-corrected chi connectivity index (χ2v) is 14.5. The SMILES string of the molecule is CN1C(=O)[C@H](CCCCN)NC(=O)[C@H](CCCN)NCc2ccccc2Sc2c(Cl)ccc(C(F)(F)F)c2CNC(=O)[C@@H]1Cc1c[nH]c2ccccc12. The van der Waals surface area contributed by atoms with Gasteiger partial charge in [0.05, 0.1) is 16.6 Å². The van der Waals surface area contributed by atoms with Crippen molar-refractivity contribution in [3.8, 4) is 0 Å². The molecule has 3 atom stereocenters. The smallest absolute Gasteiger partial charge is 0.361 e. The molecular formula is C38H45ClF3N7O3S. The van der Waals surface area contributed by atoms with E-state index in [0.29, 0.717) is 49.2 Å². The number of alkyl halides is 3. The number of nitrogens with one attached hydrogen (secondary N) is 4. The van der Waals surface area contributed by atoms with Crippen molar-refractivity contribution in [1.29, 1.82) is 0 Å². The number of carbonyl (C=O) groups is 3. The summed E-state index contributed by atoms with van der Waals surface area (Å²) in [6.07, 6.45) is -0.683. The fraction of sp³-hybridized carbons (Fsp3) is 0.395. The van der Waals surface area contributed by atoms with E-state index in [1.54, 1.807) is 24.4 Å². The van der Waals surface area contributed by atoms with Crippen LogP contribution >= 0.6 is 23.4 Å². The number of unbranched alkanes of at least 4 members (excludes halogenated alkanes) is 1. The molecule has 0 unspecified atom stereocenters. The van der Waals surface area contributed by atoms with E-state index in [2.05, 4.69) is 20.9 Å². The number of halogens is 4. The number of hydrogen-bond acceptors (Lipinski definition) is 7.